The van der Waals surface area contributed by atoms with Crippen LogP contribution in [0, 0.1) is 16.0 Å². The lowest BCUT2D eigenvalue weighted by molar-refractivity contribution is -0.385. The van der Waals surface area contributed by atoms with E-state index in [1.807, 2.05) is 7.05 Å². The molecule has 6 nitrogen and oxygen atoms in total. The van der Waals surface area contributed by atoms with Crippen molar-refractivity contribution in [1.82, 2.24) is 10.3 Å². The number of piperidine rings is 1. The Bertz CT molecular complexity index is 401. The first-order chi connectivity index (χ1) is 8.66. The lowest BCUT2D eigenvalue weighted by atomic mass is 9.98. The number of rotatable bonds is 4. The SMILES string of the molecule is CN(CC1CCNCC1)c1ccc([N+](=O)[O-])cn1. The summed E-state index contributed by atoms with van der Waals surface area (Å²) in [5.74, 6) is 1.47. The van der Waals surface area contributed by atoms with Gasteiger partial charge in [0, 0.05) is 19.7 Å². The Morgan fingerprint density at radius 1 is 1.50 bits per heavy atom. The van der Waals surface area contributed by atoms with Crippen molar-refractivity contribution in [1.29, 1.82) is 0 Å². The van der Waals surface area contributed by atoms with E-state index in [-0.39, 0.29) is 5.69 Å². The average molecular weight is 250 g/mol. The molecule has 1 aliphatic rings. The Morgan fingerprint density at radius 2 is 2.22 bits per heavy atom. The Hall–Kier alpha value is -1.69. The number of hydrogen-bond donors (Lipinski definition) is 1. The van der Waals surface area contributed by atoms with Gasteiger partial charge in [-0.3, -0.25) is 10.1 Å². The third-order valence-electron chi connectivity index (χ3n) is 3.32. The van der Waals surface area contributed by atoms with Gasteiger partial charge in [0.25, 0.3) is 5.69 Å². The highest BCUT2D eigenvalue weighted by Gasteiger charge is 2.16. The van der Waals surface area contributed by atoms with Crippen LogP contribution in [0.5, 0.6) is 0 Å². The standard InChI is InChI=1S/C12H18N4O2/c1-15(9-10-4-6-13-7-5-10)12-3-2-11(8-14-12)16(17)18/h2-3,8,10,13H,4-7,9H2,1H3. The number of aromatic nitrogens is 1. The molecule has 1 fully saturated rings. The van der Waals surface area contributed by atoms with Gasteiger partial charge in [0.2, 0.25) is 0 Å². The molecule has 0 spiro atoms. The van der Waals surface area contributed by atoms with Crippen LogP contribution in [-0.4, -0.2) is 36.6 Å². The molecule has 2 heterocycles. The molecule has 98 valence electrons. The summed E-state index contributed by atoms with van der Waals surface area (Å²) >= 11 is 0. The topological polar surface area (TPSA) is 71.3 Å². The van der Waals surface area contributed by atoms with E-state index in [0.29, 0.717) is 5.92 Å². The fourth-order valence-corrected chi connectivity index (χ4v) is 2.26. The minimum Gasteiger partial charge on any atom is -0.359 e. The van der Waals surface area contributed by atoms with Gasteiger partial charge >= 0.3 is 0 Å². The van der Waals surface area contributed by atoms with Gasteiger partial charge in [-0.15, -0.1) is 0 Å². The van der Waals surface area contributed by atoms with Crippen molar-refractivity contribution < 1.29 is 4.92 Å². The maximum absolute atomic E-state index is 10.5. The summed E-state index contributed by atoms with van der Waals surface area (Å²) in [6, 6.07) is 3.21. The smallest absolute Gasteiger partial charge is 0.287 e. The lowest BCUT2D eigenvalue weighted by Gasteiger charge is -2.28. The predicted octanol–water partition coefficient (Wildman–Crippen LogP) is 1.43. The largest absolute Gasteiger partial charge is 0.359 e. The third-order valence-corrected chi connectivity index (χ3v) is 3.32. The first kappa shape index (κ1) is 12.8. The summed E-state index contributed by atoms with van der Waals surface area (Å²) in [5, 5.41) is 13.9. The van der Waals surface area contributed by atoms with Gasteiger partial charge in [0.1, 0.15) is 12.0 Å². The van der Waals surface area contributed by atoms with Crippen LogP contribution in [0.15, 0.2) is 18.3 Å². The van der Waals surface area contributed by atoms with Gasteiger partial charge in [0.05, 0.1) is 4.92 Å². The second-order valence-electron chi connectivity index (χ2n) is 4.71. The molecule has 0 radical (unpaired) electrons. The fraction of sp³-hybridized carbons (Fsp3) is 0.583. The molecule has 18 heavy (non-hydrogen) atoms. The molecule has 1 saturated heterocycles. The average Bonchev–Trinajstić information content (AvgIpc) is 2.40. The molecule has 0 unspecified atom stereocenters. The molecule has 0 bridgehead atoms. The fourth-order valence-electron chi connectivity index (χ4n) is 2.26. The van der Waals surface area contributed by atoms with Crippen molar-refractivity contribution in [3.05, 3.63) is 28.4 Å². The van der Waals surface area contributed by atoms with Crippen molar-refractivity contribution >= 4 is 11.5 Å². The Morgan fingerprint density at radius 3 is 2.78 bits per heavy atom. The molecule has 2 rings (SSSR count). The number of pyridine rings is 1. The van der Waals surface area contributed by atoms with Crippen LogP contribution in [-0.2, 0) is 0 Å². The van der Waals surface area contributed by atoms with Gasteiger partial charge < -0.3 is 10.2 Å². The molecule has 1 aromatic heterocycles. The summed E-state index contributed by atoms with van der Waals surface area (Å²) < 4.78 is 0. The van der Waals surface area contributed by atoms with E-state index in [9.17, 15) is 10.1 Å². The van der Waals surface area contributed by atoms with Crippen LogP contribution >= 0.6 is 0 Å². The molecule has 0 atom stereocenters. The van der Waals surface area contributed by atoms with Crippen LogP contribution in [0.25, 0.3) is 0 Å². The van der Waals surface area contributed by atoms with Crippen molar-refractivity contribution in [2.24, 2.45) is 5.92 Å². The zero-order chi connectivity index (χ0) is 13.0. The number of anilines is 1. The number of nitro groups is 1. The zero-order valence-electron chi connectivity index (χ0n) is 10.5. The van der Waals surface area contributed by atoms with Gasteiger partial charge in [-0.1, -0.05) is 0 Å². The van der Waals surface area contributed by atoms with E-state index in [0.717, 1.165) is 25.5 Å². The summed E-state index contributed by atoms with van der Waals surface area (Å²) in [6.07, 6.45) is 3.67. The second kappa shape index (κ2) is 5.77. The van der Waals surface area contributed by atoms with Crippen molar-refractivity contribution in [3.63, 3.8) is 0 Å². The van der Waals surface area contributed by atoms with E-state index >= 15 is 0 Å². The maximum atomic E-state index is 10.5. The quantitative estimate of drug-likeness (QED) is 0.646. The van der Waals surface area contributed by atoms with Crippen molar-refractivity contribution in [2.75, 3.05) is 31.6 Å². The van der Waals surface area contributed by atoms with E-state index in [2.05, 4.69) is 15.2 Å². The third kappa shape index (κ3) is 3.16. The Labute approximate surface area is 106 Å². The Kier molecular flexibility index (Phi) is 4.09. The highest BCUT2D eigenvalue weighted by Crippen LogP contribution is 2.18. The first-order valence-corrected chi connectivity index (χ1v) is 6.19. The molecule has 0 aliphatic carbocycles. The number of hydrogen-bond acceptors (Lipinski definition) is 5. The van der Waals surface area contributed by atoms with Crippen molar-refractivity contribution in [2.45, 2.75) is 12.8 Å². The van der Waals surface area contributed by atoms with E-state index in [1.54, 1.807) is 6.07 Å². The monoisotopic (exact) mass is 250 g/mol. The minimum absolute atomic E-state index is 0.0361. The molecule has 1 aromatic rings. The minimum atomic E-state index is -0.427. The normalized spacial score (nSPS) is 16.5. The highest BCUT2D eigenvalue weighted by atomic mass is 16.6. The van der Waals surface area contributed by atoms with Crippen LogP contribution < -0.4 is 10.2 Å². The molecular formula is C12H18N4O2. The number of nitrogens with zero attached hydrogens (tertiary/aromatic N) is 3. The summed E-state index contributed by atoms with van der Waals surface area (Å²) in [5.41, 5.74) is 0.0361. The molecular weight excluding hydrogens is 232 g/mol. The maximum Gasteiger partial charge on any atom is 0.287 e. The van der Waals surface area contributed by atoms with Crippen LogP contribution in [0.2, 0.25) is 0 Å². The van der Waals surface area contributed by atoms with Crippen LogP contribution in [0.1, 0.15) is 12.8 Å². The Balaban J connectivity index is 1.95. The van der Waals surface area contributed by atoms with Crippen molar-refractivity contribution in [3.8, 4) is 0 Å². The van der Waals surface area contributed by atoms with Gasteiger partial charge in [-0.05, 0) is 37.9 Å². The molecule has 0 amide bonds. The van der Waals surface area contributed by atoms with E-state index < -0.39 is 4.92 Å². The highest BCUT2D eigenvalue weighted by molar-refractivity contribution is 5.42. The molecule has 1 N–H and O–H groups in total. The summed E-state index contributed by atoms with van der Waals surface area (Å²) in [7, 11) is 1.98. The van der Waals surface area contributed by atoms with E-state index in [1.165, 1.54) is 25.1 Å². The van der Waals surface area contributed by atoms with Crippen LogP contribution in [0.3, 0.4) is 0 Å². The number of nitrogens with one attached hydrogen (secondary N) is 1. The second-order valence-corrected chi connectivity index (χ2v) is 4.71. The van der Waals surface area contributed by atoms with E-state index in [4.69, 9.17) is 0 Å². The first-order valence-electron chi connectivity index (χ1n) is 6.19. The molecule has 6 heteroatoms. The van der Waals surface area contributed by atoms with Gasteiger partial charge in [-0.2, -0.15) is 0 Å². The lowest BCUT2D eigenvalue weighted by Crippen LogP contribution is -2.34. The zero-order valence-corrected chi connectivity index (χ0v) is 10.5. The van der Waals surface area contributed by atoms with Crippen LogP contribution in [0.4, 0.5) is 11.5 Å². The summed E-state index contributed by atoms with van der Waals surface area (Å²) in [6.45, 7) is 3.10. The summed E-state index contributed by atoms with van der Waals surface area (Å²) in [4.78, 5) is 16.3. The predicted molar refractivity (Wildman–Crippen MR) is 69.8 cm³/mol. The molecule has 1 aliphatic heterocycles. The van der Waals surface area contributed by atoms with Gasteiger partial charge in [0.15, 0.2) is 0 Å². The molecule has 0 saturated carbocycles. The molecule has 0 aromatic carbocycles. The van der Waals surface area contributed by atoms with Gasteiger partial charge in [-0.25, -0.2) is 4.98 Å².